The lowest BCUT2D eigenvalue weighted by atomic mass is 9.96. The zero-order chi connectivity index (χ0) is 15.3. The van der Waals surface area contributed by atoms with Crippen LogP contribution in [0.25, 0.3) is 0 Å². The van der Waals surface area contributed by atoms with Crippen molar-refractivity contribution >= 4 is 28.6 Å². The molecule has 0 N–H and O–H groups in total. The Morgan fingerprint density at radius 2 is 1.78 bits per heavy atom. The molecule has 2 heterocycles. The molecule has 0 amide bonds. The molecule has 122 valence electrons. The highest BCUT2D eigenvalue weighted by Crippen LogP contribution is 2.66. The molecule has 0 bridgehead atoms. The number of rotatable bonds is 1. The number of hydrogen-bond acceptors (Lipinski definition) is 4. The van der Waals surface area contributed by atoms with Crippen LogP contribution in [0, 0.1) is 0 Å². The molecule has 0 aromatic heterocycles. The fraction of sp³-hybridized carbons (Fsp3) is 0.632. The van der Waals surface area contributed by atoms with Crippen LogP contribution in [0.5, 0.6) is 0 Å². The molecule has 1 aromatic rings. The Hall–Kier alpha value is -0.450. The normalized spacial score (nSPS) is 38.2. The highest BCUT2D eigenvalue weighted by atomic mass is 32.2. The Morgan fingerprint density at radius 3 is 2.57 bits per heavy atom. The first-order valence-corrected chi connectivity index (χ1v) is 10.7. The molecule has 2 nitrogen and oxygen atoms in total. The first-order valence-electron chi connectivity index (χ1n) is 9.00. The number of hydrogen-bond donors (Lipinski definition) is 0. The standard InChI is InChI=1S/C19H23NOS2/c1-2-8-14(9-3-1)17-20-18(12-6-7-13-18)19(23-17)21-15-10-4-5-11-16(15)22-19/h1-3,8-9,15-16H,4-7,10-13H2/t15-,16-,19-/m1/s1. The van der Waals surface area contributed by atoms with Crippen molar-refractivity contribution in [3.8, 4) is 0 Å². The van der Waals surface area contributed by atoms with Crippen molar-refractivity contribution in [1.82, 2.24) is 0 Å². The van der Waals surface area contributed by atoms with Crippen LogP contribution in [0.15, 0.2) is 35.3 Å². The molecule has 2 aliphatic carbocycles. The van der Waals surface area contributed by atoms with Crippen LogP contribution in [0.1, 0.15) is 56.9 Å². The fourth-order valence-electron chi connectivity index (χ4n) is 4.62. The summed E-state index contributed by atoms with van der Waals surface area (Å²) < 4.78 is 6.67. The summed E-state index contributed by atoms with van der Waals surface area (Å²) in [6.45, 7) is 0. The first kappa shape index (κ1) is 14.9. The molecule has 2 aliphatic heterocycles. The molecule has 4 heteroatoms. The minimum absolute atomic E-state index is 0.0187. The minimum Gasteiger partial charge on any atom is -0.347 e. The quantitative estimate of drug-likeness (QED) is 0.696. The number of nitrogens with zero attached hydrogens (tertiary/aromatic N) is 1. The highest BCUT2D eigenvalue weighted by Gasteiger charge is 2.65. The first-order chi connectivity index (χ1) is 11.3. The van der Waals surface area contributed by atoms with Crippen LogP contribution in [0.4, 0.5) is 0 Å². The number of ether oxygens (including phenoxy) is 1. The average Bonchev–Trinajstić information content (AvgIpc) is 3.28. The summed E-state index contributed by atoms with van der Waals surface area (Å²) in [6.07, 6.45) is 10.7. The third-order valence-electron chi connectivity index (χ3n) is 5.82. The van der Waals surface area contributed by atoms with Gasteiger partial charge in [-0.2, -0.15) is 0 Å². The minimum atomic E-state index is -0.144. The monoisotopic (exact) mass is 345 g/mol. The predicted molar refractivity (Wildman–Crippen MR) is 99.2 cm³/mol. The van der Waals surface area contributed by atoms with E-state index in [2.05, 4.69) is 42.1 Å². The average molecular weight is 346 g/mol. The van der Waals surface area contributed by atoms with Crippen LogP contribution in [-0.2, 0) is 4.74 Å². The summed E-state index contributed by atoms with van der Waals surface area (Å²) in [5.74, 6) is 0. The third kappa shape index (κ3) is 2.25. The van der Waals surface area contributed by atoms with E-state index in [1.807, 2.05) is 11.8 Å². The summed E-state index contributed by atoms with van der Waals surface area (Å²) in [6, 6.07) is 10.7. The molecule has 23 heavy (non-hydrogen) atoms. The summed E-state index contributed by atoms with van der Waals surface area (Å²) in [7, 11) is 0. The van der Waals surface area contributed by atoms with Crippen molar-refractivity contribution in [3.05, 3.63) is 35.9 Å². The van der Waals surface area contributed by atoms with Gasteiger partial charge in [0, 0.05) is 10.8 Å². The zero-order valence-electron chi connectivity index (χ0n) is 13.4. The van der Waals surface area contributed by atoms with Crippen molar-refractivity contribution in [2.24, 2.45) is 4.99 Å². The van der Waals surface area contributed by atoms with Crippen molar-refractivity contribution in [2.75, 3.05) is 0 Å². The second kappa shape index (κ2) is 5.53. The summed E-state index contributed by atoms with van der Waals surface area (Å²) in [5, 5.41) is 1.90. The van der Waals surface area contributed by atoms with Gasteiger partial charge in [0.25, 0.3) is 0 Å². The smallest absolute Gasteiger partial charge is 0.192 e. The second-order valence-electron chi connectivity index (χ2n) is 7.28. The van der Waals surface area contributed by atoms with Crippen molar-refractivity contribution in [2.45, 2.75) is 72.5 Å². The van der Waals surface area contributed by atoms with Crippen LogP contribution < -0.4 is 0 Å². The predicted octanol–water partition coefficient (Wildman–Crippen LogP) is 5.22. The number of thioether (sulfide) groups is 2. The van der Waals surface area contributed by atoms with Crippen LogP contribution in [0.2, 0.25) is 0 Å². The molecule has 2 spiro atoms. The lowest BCUT2D eigenvalue weighted by Crippen LogP contribution is -2.43. The van der Waals surface area contributed by atoms with Gasteiger partial charge in [-0.3, -0.25) is 4.99 Å². The molecular weight excluding hydrogens is 322 g/mol. The van der Waals surface area contributed by atoms with Crippen LogP contribution in [-0.4, -0.2) is 26.2 Å². The molecular formula is C19H23NOS2. The summed E-state index contributed by atoms with van der Waals surface area (Å²) in [5.41, 5.74) is 1.28. The van der Waals surface area contributed by atoms with E-state index < -0.39 is 0 Å². The topological polar surface area (TPSA) is 21.6 Å². The maximum atomic E-state index is 6.81. The molecule has 2 saturated carbocycles. The Kier molecular flexibility index (Phi) is 3.57. The lowest BCUT2D eigenvalue weighted by Gasteiger charge is -2.36. The van der Waals surface area contributed by atoms with Gasteiger partial charge in [-0.25, -0.2) is 0 Å². The van der Waals surface area contributed by atoms with Gasteiger partial charge in [0.15, 0.2) is 4.27 Å². The SMILES string of the molecule is c1ccc(C2=NC3(CCCC3)[C@]3(O[C@@H]4CCCC[C@H]4S3)S2)cc1. The maximum absolute atomic E-state index is 6.81. The number of fused-ring (bicyclic) bond motifs is 2. The highest BCUT2D eigenvalue weighted by molar-refractivity contribution is 8.26. The van der Waals surface area contributed by atoms with Crippen molar-refractivity contribution in [3.63, 3.8) is 0 Å². The Bertz CT molecular complexity index is 610. The number of aliphatic imine (C=N–C) groups is 1. The maximum Gasteiger partial charge on any atom is 0.192 e. The van der Waals surface area contributed by atoms with E-state index in [1.165, 1.54) is 62.0 Å². The van der Waals surface area contributed by atoms with E-state index in [4.69, 9.17) is 9.73 Å². The van der Waals surface area contributed by atoms with Crippen LogP contribution in [0.3, 0.4) is 0 Å². The largest absolute Gasteiger partial charge is 0.347 e. The van der Waals surface area contributed by atoms with E-state index in [1.54, 1.807) is 0 Å². The third-order valence-corrected chi connectivity index (χ3v) is 9.26. The van der Waals surface area contributed by atoms with Crippen molar-refractivity contribution < 1.29 is 4.74 Å². The Morgan fingerprint density at radius 1 is 1.00 bits per heavy atom. The second-order valence-corrected chi connectivity index (χ2v) is 10.1. The Balaban J connectivity index is 1.53. The summed E-state index contributed by atoms with van der Waals surface area (Å²) >= 11 is 4.05. The Labute approximate surface area is 146 Å². The fourth-order valence-corrected chi connectivity index (χ4v) is 8.43. The van der Waals surface area contributed by atoms with Gasteiger partial charge in [0.1, 0.15) is 10.6 Å². The van der Waals surface area contributed by atoms with E-state index in [0.29, 0.717) is 11.4 Å². The van der Waals surface area contributed by atoms with E-state index in [0.717, 1.165) is 0 Å². The van der Waals surface area contributed by atoms with E-state index in [9.17, 15) is 0 Å². The van der Waals surface area contributed by atoms with Gasteiger partial charge < -0.3 is 4.74 Å². The van der Waals surface area contributed by atoms with Crippen molar-refractivity contribution in [1.29, 1.82) is 0 Å². The number of benzene rings is 1. The molecule has 4 aliphatic rings. The van der Waals surface area contributed by atoms with Gasteiger partial charge in [-0.05, 0) is 25.7 Å². The molecule has 1 saturated heterocycles. The van der Waals surface area contributed by atoms with E-state index >= 15 is 0 Å². The van der Waals surface area contributed by atoms with Crippen LogP contribution >= 0.6 is 23.5 Å². The van der Waals surface area contributed by atoms with Gasteiger partial charge in [0.05, 0.1) is 6.10 Å². The van der Waals surface area contributed by atoms with Gasteiger partial charge >= 0.3 is 0 Å². The molecule has 0 unspecified atom stereocenters. The molecule has 3 fully saturated rings. The molecule has 0 radical (unpaired) electrons. The van der Waals surface area contributed by atoms with Gasteiger partial charge in [-0.15, -0.1) is 11.8 Å². The molecule has 3 atom stereocenters. The summed E-state index contributed by atoms with van der Waals surface area (Å²) in [4.78, 5) is 5.32. The van der Waals surface area contributed by atoms with E-state index in [-0.39, 0.29) is 9.80 Å². The van der Waals surface area contributed by atoms with Gasteiger partial charge in [0.2, 0.25) is 0 Å². The lowest BCUT2D eigenvalue weighted by molar-refractivity contribution is -0.0124. The van der Waals surface area contributed by atoms with Gasteiger partial charge in [-0.1, -0.05) is 67.8 Å². The molecule has 1 aromatic carbocycles. The zero-order valence-corrected chi connectivity index (χ0v) is 15.0. The molecule has 5 rings (SSSR count).